The Labute approximate surface area is 170 Å². The molecule has 1 heterocycles. The number of non-ortho nitro benzene ring substituents is 1. The number of nitro benzene ring substituents is 1. The summed E-state index contributed by atoms with van der Waals surface area (Å²) in [6.07, 6.45) is -0.757. The third-order valence-electron chi connectivity index (χ3n) is 4.41. The number of amides is 3. The third kappa shape index (κ3) is 3.72. The molecule has 1 aliphatic heterocycles. The Bertz CT molecular complexity index is 1140. The van der Waals surface area contributed by atoms with E-state index in [9.17, 15) is 32.9 Å². The fourth-order valence-electron chi connectivity index (χ4n) is 2.94. The number of rotatable bonds is 4. The van der Waals surface area contributed by atoms with Crippen molar-refractivity contribution in [1.82, 2.24) is 4.90 Å². The maximum atomic E-state index is 13.0. The summed E-state index contributed by atoms with van der Waals surface area (Å²) in [6.45, 7) is 0. The molecule has 0 radical (unpaired) electrons. The van der Waals surface area contributed by atoms with E-state index in [4.69, 9.17) is 0 Å². The average molecular weight is 433 g/mol. The van der Waals surface area contributed by atoms with Crippen molar-refractivity contribution < 1.29 is 32.5 Å². The van der Waals surface area contributed by atoms with Crippen LogP contribution < -0.4 is 5.32 Å². The Hall–Kier alpha value is -3.80. The fraction of sp³-hybridized carbons (Fsp3) is 0.167. The van der Waals surface area contributed by atoms with Gasteiger partial charge in [0.2, 0.25) is 9.84 Å². The standard InChI is InChI=1S/C18H15N3O8S/c1-29-16(22)10-15-20(17(23)13-4-2-3-5-14(13)30(15,27)28)18(24)19-11-6-8-12(9-7-11)21(25)26/h2-9,15H,10H2,1H3,(H,19,24). The first-order chi connectivity index (χ1) is 14.2. The topological polar surface area (TPSA) is 153 Å². The largest absolute Gasteiger partial charge is 0.469 e. The van der Waals surface area contributed by atoms with E-state index < -0.39 is 44.5 Å². The minimum atomic E-state index is -4.27. The van der Waals surface area contributed by atoms with Crippen LogP contribution in [-0.2, 0) is 19.4 Å². The van der Waals surface area contributed by atoms with Crippen LogP contribution in [0.5, 0.6) is 0 Å². The van der Waals surface area contributed by atoms with Gasteiger partial charge in [-0.3, -0.25) is 19.7 Å². The number of esters is 1. The van der Waals surface area contributed by atoms with Gasteiger partial charge in [-0.25, -0.2) is 18.1 Å². The summed E-state index contributed by atoms with van der Waals surface area (Å²) in [6, 6.07) is 8.95. The number of imide groups is 1. The molecule has 0 aliphatic carbocycles. The van der Waals surface area contributed by atoms with Gasteiger partial charge in [0.05, 0.1) is 28.9 Å². The second kappa shape index (κ2) is 7.91. The quantitative estimate of drug-likeness (QED) is 0.436. The minimum Gasteiger partial charge on any atom is -0.469 e. The van der Waals surface area contributed by atoms with Crippen LogP contribution in [0.25, 0.3) is 0 Å². The zero-order chi connectivity index (χ0) is 22.1. The SMILES string of the molecule is COC(=O)CC1N(C(=O)Nc2ccc([N+](=O)[O-])cc2)C(=O)c2ccccc2S1(=O)=O. The number of hydrogen-bond donors (Lipinski definition) is 1. The molecule has 2 aromatic carbocycles. The van der Waals surface area contributed by atoms with E-state index in [0.717, 1.165) is 19.2 Å². The molecule has 0 bridgehead atoms. The van der Waals surface area contributed by atoms with Gasteiger partial charge in [-0.2, -0.15) is 0 Å². The summed E-state index contributed by atoms with van der Waals surface area (Å²) in [4.78, 5) is 47.8. The normalized spacial score (nSPS) is 17.0. The molecule has 0 saturated heterocycles. The van der Waals surface area contributed by atoms with Gasteiger partial charge < -0.3 is 10.1 Å². The molecule has 0 fully saturated rings. The molecule has 0 aromatic heterocycles. The lowest BCUT2D eigenvalue weighted by Gasteiger charge is -2.33. The number of carbonyl (C=O) groups excluding carboxylic acids is 3. The second-order valence-electron chi connectivity index (χ2n) is 6.19. The van der Waals surface area contributed by atoms with Crippen molar-refractivity contribution in [3.8, 4) is 0 Å². The molecule has 1 unspecified atom stereocenters. The second-order valence-corrected chi connectivity index (χ2v) is 8.26. The summed E-state index contributed by atoms with van der Waals surface area (Å²) < 4.78 is 30.6. The highest BCUT2D eigenvalue weighted by molar-refractivity contribution is 7.92. The molecule has 1 aliphatic rings. The third-order valence-corrected chi connectivity index (χ3v) is 6.47. The van der Waals surface area contributed by atoms with Gasteiger partial charge in [0.1, 0.15) is 0 Å². The predicted molar refractivity (Wildman–Crippen MR) is 102 cm³/mol. The lowest BCUT2D eigenvalue weighted by Crippen LogP contribution is -2.54. The zero-order valence-corrected chi connectivity index (χ0v) is 16.3. The summed E-state index contributed by atoms with van der Waals surface area (Å²) in [5, 5.41) is 11.3. The number of anilines is 1. The van der Waals surface area contributed by atoms with Gasteiger partial charge in [0, 0.05) is 17.8 Å². The van der Waals surface area contributed by atoms with Crippen LogP contribution in [-0.4, -0.2) is 48.6 Å². The molecule has 0 saturated carbocycles. The number of nitrogens with one attached hydrogen (secondary N) is 1. The van der Waals surface area contributed by atoms with E-state index >= 15 is 0 Å². The van der Waals surface area contributed by atoms with Crippen molar-refractivity contribution in [2.75, 3.05) is 12.4 Å². The van der Waals surface area contributed by atoms with Gasteiger partial charge in [-0.05, 0) is 24.3 Å². The van der Waals surface area contributed by atoms with Crippen molar-refractivity contribution in [1.29, 1.82) is 0 Å². The summed E-state index contributed by atoms with van der Waals surface area (Å²) in [5.74, 6) is -1.84. The number of sulfone groups is 1. The van der Waals surface area contributed by atoms with Crippen LogP contribution in [0.2, 0.25) is 0 Å². The molecule has 0 spiro atoms. The van der Waals surface area contributed by atoms with Crippen molar-refractivity contribution >= 4 is 39.1 Å². The van der Waals surface area contributed by atoms with E-state index in [1.165, 1.54) is 36.4 Å². The Morgan fingerprint density at radius 2 is 1.80 bits per heavy atom. The van der Waals surface area contributed by atoms with Gasteiger partial charge >= 0.3 is 12.0 Å². The fourth-order valence-corrected chi connectivity index (χ4v) is 4.79. The molecule has 12 heteroatoms. The van der Waals surface area contributed by atoms with Crippen molar-refractivity contribution in [3.05, 3.63) is 64.2 Å². The number of ether oxygens (including phenoxy) is 1. The monoisotopic (exact) mass is 433 g/mol. The first-order valence-corrected chi connectivity index (χ1v) is 10.00. The maximum Gasteiger partial charge on any atom is 0.330 e. The first kappa shape index (κ1) is 20.9. The van der Waals surface area contributed by atoms with E-state index in [1.807, 2.05) is 0 Å². The van der Waals surface area contributed by atoms with E-state index in [2.05, 4.69) is 10.1 Å². The average Bonchev–Trinajstić information content (AvgIpc) is 2.72. The van der Waals surface area contributed by atoms with Crippen molar-refractivity contribution in [2.24, 2.45) is 0 Å². The number of hydrogen-bond acceptors (Lipinski definition) is 8. The Kier molecular flexibility index (Phi) is 5.52. The Morgan fingerprint density at radius 3 is 2.40 bits per heavy atom. The molecule has 30 heavy (non-hydrogen) atoms. The predicted octanol–water partition coefficient (Wildman–Crippen LogP) is 1.95. The van der Waals surface area contributed by atoms with Crippen LogP contribution in [0, 0.1) is 10.1 Å². The number of fused-ring (bicyclic) bond motifs is 1. The van der Waals surface area contributed by atoms with Crippen LogP contribution >= 0.6 is 0 Å². The maximum absolute atomic E-state index is 13.0. The Morgan fingerprint density at radius 1 is 1.17 bits per heavy atom. The first-order valence-electron chi connectivity index (χ1n) is 8.45. The van der Waals surface area contributed by atoms with Gasteiger partial charge in [-0.1, -0.05) is 12.1 Å². The summed E-state index contributed by atoms with van der Waals surface area (Å²) >= 11 is 0. The smallest absolute Gasteiger partial charge is 0.330 e. The molecule has 1 atom stereocenters. The van der Waals surface area contributed by atoms with Crippen LogP contribution in [0.15, 0.2) is 53.4 Å². The molecule has 156 valence electrons. The number of carbonyl (C=O) groups is 3. The molecule has 11 nitrogen and oxygen atoms in total. The summed E-state index contributed by atoms with van der Waals surface area (Å²) in [5.41, 5.74) is -0.342. The van der Waals surface area contributed by atoms with Gasteiger partial charge in [-0.15, -0.1) is 0 Å². The lowest BCUT2D eigenvalue weighted by atomic mass is 10.2. The van der Waals surface area contributed by atoms with Gasteiger partial charge in [0.15, 0.2) is 5.37 Å². The number of nitro groups is 1. The highest BCUT2D eigenvalue weighted by Gasteiger charge is 2.47. The van der Waals surface area contributed by atoms with Crippen LogP contribution in [0.1, 0.15) is 16.8 Å². The molecule has 3 rings (SSSR count). The molecule has 2 aromatic rings. The van der Waals surface area contributed by atoms with Gasteiger partial charge in [0.25, 0.3) is 11.6 Å². The van der Waals surface area contributed by atoms with Crippen molar-refractivity contribution in [2.45, 2.75) is 16.7 Å². The molecular formula is C18H15N3O8S. The molecule has 3 amide bonds. The number of nitrogens with zero attached hydrogens (tertiary/aromatic N) is 2. The molecular weight excluding hydrogens is 418 g/mol. The molecule has 1 N–H and O–H groups in total. The number of methoxy groups -OCH3 is 1. The number of urea groups is 1. The van der Waals surface area contributed by atoms with Crippen molar-refractivity contribution in [3.63, 3.8) is 0 Å². The minimum absolute atomic E-state index is 0.0893. The van der Waals surface area contributed by atoms with Crippen LogP contribution in [0.3, 0.4) is 0 Å². The van der Waals surface area contributed by atoms with Crippen LogP contribution in [0.4, 0.5) is 16.2 Å². The highest BCUT2D eigenvalue weighted by Crippen LogP contribution is 2.32. The summed E-state index contributed by atoms with van der Waals surface area (Å²) in [7, 11) is -3.22. The van der Waals surface area contributed by atoms with E-state index in [1.54, 1.807) is 0 Å². The van der Waals surface area contributed by atoms with E-state index in [0.29, 0.717) is 4.90 Å². The van der Waals surface area contributed by atoms with E-state index in [-0.39, 0.29) is 21.8 Å². The lowest BCUT2D eigenvalue weighted by molar-refractivity contribution is -0.384. The zero-order valence-electron chi connectivity index (χ0n) is 15.5. The Balaban J connectivity index is 2.00. The number of benzene rings is 2. The highest BCUT2D eigenvalue weighted by atomic mass is 32.2.